The van der Waals surface area contributed by atoms with Crippen molar-refractivity contribution in [1.29, 1.82) is 0 Å². The molecule has 2 saturated heterocycles. The van der Waals surface area contributed by atoms with Crippen molar-refractivity contribution in [3.8, 4) is 5.75 Å². The lowest BCUT2D eigenvalue weighted by molar-refractivity contribution is -0.0147. The maximum absolute atomic E-state index is 5.68. The van der Waals surface area contributed by atoms with Crippen molar-refractivity contribution in [2.45, 2.75) is 51.7 Å². The van der Waals surface area contributed by atoms with E-state index < -0.39 is 0 Å². The van der Waals surface area contributed by atoms with Crippen LogP contribution in [0.5, 0.6) is 5.75 Å². The summed E-state index contributed by atoms with van der Waals surface area (Å²) in [6, 6.07) is 7.30. The molecular formula is C20H32N2O2. The Hall–Kier alpha value is -1.10. The minimum Gasteiger partial charge on any atom is -0.496 e. The fourth-order valence-corrected chi connectivity index (χ4v) is 3.97. The number of nitrogens with zero attached hydrogens (tertiary/aromatic N) is 2. The Morgan fingerprint density at radius 2 is 2.00 bits per heavy atom. The van der Waals surface area contributed by atoms with E-state index in [1.165, 1.54) is 49.9 Å². The number of morpholine rings is 1. The van der Waals surface area contributed by atoms with Gasteiger partial charge < -0.3 is 9.47 Å². The molecule has 1 aromatic rings. The Labute approximate surface area is 146 Å². The van der Waals surface area contributed by atoms with Gasteiger partial charge in [-0.25, -0.2) is 0 Å². The molecule has 0 radical (unpaired) electrons. The Kier molecular flexibility index (Phi) is 6.52. The van der Waals surface area contributed by atoms with Crippen molar-refractivity contribution in [1.82, 2.24) is 9.80 Å². The summed E-state index contributed by atoms with van der Waals surface area (Å²) in [6.45, 7) is 9.50. The van der Waals surface area contributed by atoms with Gasteiger partial charge >= 0.3 is 0 Å². The predicted molar refractivity (Wildman–Crippen MR) is 97.4 cm³/mol. The van der Waals surface area contributed by atoms with Crippen molar-refractivity contribution < 1.29 is 9.47 Å². The molecule has 2 fully saturated rings. The molecule has 2 aliphatic heterocycles. The molecule has 134 valence electrons. The number of methoxy groups -OCH3 is 1. The molecule has 0 saturated carbocycles. The van der Waals surface area contributed by atoms with Gasteiger partial charge in [-0.05, 0) is 50.0 Å². The molecule has 24 heavy (non-hydrogen) atoms. The van der Waals surface area contributed by atoms with Gasteiger partial charge in [-0.2, -0.15) is 0 Å². The number of ether oxygens (including phenoxy) is 2. The summed E-state index contributed by atoms with van der Waals surface area (Å²) in [5.41, 5.74) is 2.73. The van der Waals surface area contributed by atoms with Gasteiger partial charge in [0.1, 0.15) is 5.75 Å². The molecule has 0 amide bonds. The molecule has 0 N–H and O–H groups in total. The number of hydrogen-bond donors (Lipinski definition) is 0. The van der Waals surface area contributed by atoms with Gasteiger partial charge in [0.2, 0.25) is 0 Å². The fraction of sp³-hybridized carbons (Fsp3) is 0.700. The van der Waals surface area contributed by atoms with E-state index in [2.05, 4.69) is 34.9 Å². The van der Waals surface area contributed by atoms with E-state index in [-0.39, 0.29) is 0 Å². The van der Waals surface area contributed by atoms with Crippen molar-refractivity contribution >= 4 is 0 Å². The third-order valence-corrected chi connectivity index (χ3v) is 5.29. The number of benzene rings is 1. The van der Waals surface area contributed by atoms with E-state index >= 15 is 0 Å². The van der Waals surface area contributed by atoms with Crippen molar-refractivity contribution in [2.24, 2.45) is 0 Å². The highest BCUT2D eigenvalue weighted by molar-refractivity contribution is 5.37. The monoisotopic (exact) mass is 332 g/mol. The van der Waals surface area contributed by atoms with Crippen LogP contribution in [0.1, 0.15) is 43.7 Å². The Morgan fingerprint density at radius 3 is 2.75 bits per heavy atom. The zero-order chi connectivity index (χ0) is 16.8. The summed E-state index contributed by atoms with van der Waals surface area (Å²) in [6.07, 6.45) is 5.09. The smallest absolute Gasteiger partial charge is 0.123 e. The largest absolute Gasteiger partial charge is 0.496 e. The fourth-order valence-electron chi connectivity index (χ4n) is 3.97. The lowest BCUT2D eigenvalue weighted by Crippen LogP contribution is -2.44. The van der Waals surface area contributed by atoms with Crippen LogP contribution in [0.2, 0.25) is 0 Å². The summed E-state index contributed by atoms with van der Waals surface area (Å²) >= 11 is 0. The first kappa shape index (κ1) is 17.7. The Balaban J connectivity index is 1.70. The minimum atomic E-state index is 0.563. The minimum absolute atomic E-state index is 0.563. The Morgan fingerprint density at radius 1 is 1.17 bits per heavy atom. The predicted octanol–water partition coefficient (Wildman–Crippen LogP) is 3.29. The van der Waals surface area contributed by atoms with Gasteiger partial charge in [0, 0.05) is 31.2 Å². The van der Waals surface area contributed by atoms with Crippen LogP contribution in [0.3, 0.4) is 0 Å². The zero-order valence-electron chi connectivity index (χ0n) is 15.3. The van der Waals surface area contributed by atoms with Crippen molar-refractivity contribution in [3.63, 3.8) is 0 Å². The summed E-state index contributed by atoms with van der Waals surface area (Å²) in [7, 11) is 1.78. The van der Waals surface area contributed by atoms with Crippen LogP contribution in [0.15, 0.2) is 18.2 Å². The quantitative estimate of drug-likeness (QED) is 0.765. The van der Waals surface area contributed by atoms with E-state index in [1.54, 1.807) is 7.11 Å². The number of hydrogen-bond acceptors (Lipinski definition) is 4. The lowest BCUT2D eigenvalue weighted by atomic mass is 10.1. The maximum atomic E-state index is 5.68. The lowest BCUT2D eigenvalue weighted by Gasteiger charge is -2.35. The zero-order valence-corrected chi connectivity index (χ0v) is 15.3. The van der Waals surface area contributed by atoms with Crippen LogP contribution in [0.4, 0.5) is 0 Å². The first-order valence-corrected chi connectivity index (χ1v) is 9.50. The second-order valence-electron chi connectivity index (χ2n) is 7.12. The van der Waals surface area contributed by atoms with Crippen LogP contribution in [0, 0.1) is 0 Å². The summed E-state index contributed by atoms with van der Waals surface area (Å²) in [5.74, 6) is 1.03. The first-order chi connectivity index (χ1) is 11.8. The SMILES string of the molecule is CCC[C@@H]1COCCN1Cc1ccc(OC)c(CN2CCCC2)c1. The van der Waals surface area contributed by atoms with Gasteiger partial charge in [0.05, 0.1) is 20.3 Å². The van der Waals surface area contributed by atoms with E-state index in [1.807, 2.05) is 0 Å². The molecular weight excluding hydrogens is 300 g/mol. The second kappa shape index (κ2) is 8.84. The van der Waals surface area contributed by atoms with Crippen LogP contribution < -0.4 is 4.74 Å². The molecule has 1 aromatic carbocycles. The molecule has 4 heteroatoms. The van der Waals surface area contributed by atoms with Crippen molar-refractivity contribution in [2.75, 3.05) is 40.0 Å². The topological polar surface area (TPSA) is 24.9 Å². The third kappa shape index (κ3) is 4.50. The van der Waals surface area contributed by atoms with Gasteiger partial charge in [-0.3, -0.25) is 9.80 Å². The van der Waals surface area contributed by atoms with E-state index in [0.29, 0.717) is 6.04 Å². The molecule has 1 atom stereocenters. The maximum Gasteiger partial charge on any atom is 0.123 e. The highest BCUT2D eigenvalue weighted by atomic mass is 16.5. The number of rotatable bonds is 7. The van der Waals surface area contributed by atoms with Crippen LogP contribution in [-0.4, -0.2) is 55.8 Å². The highest BCUT2D eigenvalue weighted by Crippen LogP contribution is 2.25. The second-order valence-corrected chi connectivity index (χ2v) is 7.12. The van der Waals surface area contributed by atoms with Crippen molar-refractivity contribution in [3.05, 3.63) is 29.3 Å². The van der Waals surface area contributed by atoms with Crippen LogP contribution >= 0.6 is 0 Å². The summed E-state index contributed by atoms with van der Waals surface area (Å²) < 4.78 is 11.3. The normalized spacial score (nSPS) is 22.8. The molecule has 2 aliphatic rings. The van der Waals surface area contributed by atoms with Gasteiger partial charge in [-0.15, -0.1) is 0 Å². The average molecular weight is 332 g/mol. The van der Waals surface area contributed by atoms with E-state index in [4.69, 9.17) is 9.47 Å². The molecule has 0 bridgehead atoms. The van der Waals surface area contributed by atoms with Gasteiger partial charge in [0.15, 0.2) is 0 Å². The molecule has 3 rings (SSSR count). The average Bonchev–Trinajstić information content (AvgIpc) is 3.10. The van der Waals surface area contributed by atoms with Gasteiger partial charge in [0.25, 0.3) is 0 Å². The van der Waals surface area contributed by atoms with E-state index in [0.717, 1.165) is 38.6 Å². The molecule has 0 aliphatic carbocycles. The number of likely N-dealkylation sites (tertiary alicyclic amines) is 1. The standard InChI is InChI=1S/C20H32N2O2/c1-3-6-19-16-24-12-11-22(19)14-17-7-8-20(23-2)18(13-17)15-21-9-4-5-10-21/h7-8,13,19H,3-6,9-12,14-16H2,1-2H3/t19-/m1/s1. The molecule has 2 heterocycles. The molecule has 0 unspecified atom stereocenters. The highest BCUT2D eigenvalue weighted by Gasteiger charge is 2.22. The summed E-state index contributed by atoms with van der Waals surface area (Å²) in [5, 5.41) is 0. The molecule has 4 nitrogen and oxygen atoms in total. The Bertz CT molecular complexity index is 512. The van der Waals surface area contributed by atoms with Crippen LogP contribution in [0.25, 0.3) is 0 Å². The van der Waals surface area contributed by atoms with Crippen LogP contribution in [-0.2, 0) is 17.8 Å². The van der Waals surface area contributed by atoms with Gasteiger partial charge in [-0.1, -0.05) is 19.4 Å². The van der Waals surface area contributed by atoms with E-state index in [9.17, 15) is 0 Å². The molecule has 0 spiro atoms. The third-order valence-electron chi connectivity index (χ3n) is 5.29. The summed E-state index contributed by atoms with van der Waals surface area (Å²) in [4.78, 5) is 5.13. The first-order valence-electron chi connectivity index (χ1n) is 9.50. The molecule has 0 aromatic heterocycles.